The van der Waals surface area contributed by atoms with Gasteiger partial charge in [0, 0.05) is 0 Å². The van der Waals surface area contributed by atoms with Gasteiger partial charge in [0.25, 0.3) is 0 Å². The van der Waals surface area contributed by atoms with Crippen molar-refractivity contribution in [2.24, 2.45) is 0 Å². The van der Waals surface area contributed by atoms with E-state index in [1.54, 1.807) is 0 Å². The second-order valence-electron chi connectivity index (χ2n) is 1.58. The third-order valence-corrected chi connectivity index (χ3v) is 17.6. The van der Waals surface area contributed by atoms with E-state index in [-0.39, 0.29) is 0 Å². The fraction of sp³-hybridized carbons (Fsp3) is 1.00. The van der Waals surface area contributed by atoms with Crippen LogP contribution < -0.4 is 0 Å². The first-order chi connectivity index (χ1) is 2.64. The van der Waals surface area contributed by atoms with Gasteiger partial charge in [-0.25, -0.2) is 0 Å². The SMILES string of the molecule is C[CH](C)[In]([Br])[Br]. The van der Waals surface area contributed by atoms with E-state index in [0.29, 0.717) is 0 Å². The van der Waals surface area contributed by atoms with Crippen LogP contribution in [0.2, 0.25) is 3.67 Å². The molecule has 0 aromatic heterocycles. The fourth-order valence-electron chi connectivity index (χ4n) is 0. The van der Waals surface area contributed by atoms with Gasteiger partial charge in [0.15, 0.2) is 0 Å². The van der Waals surface area contributed by atoms with Gasteiger partial charge in [-0.2, -0.15) is 0 Å². The average molecular weight is 318 g/mol. The molecule has 0 amide bonds. The Bertz CT molecular complexity index is 29.8. The monoisotopic (exact) mass is 316 g/mol. The average Bonchev–Trinajstić information content (AvgIpc) is 1.36. The minimum atomic E-state index is -1.18. The van der Waals surface area contributed by atoms with Crippen LogP contribution in [0.3, 0.4) is 0 Å². The number of rotatable bonds is 1. The molecule has 0 saturated carbocycles. The van der Waals surface area contributed by atoms with Crippen LogP contribution in [0.1, 0.15) is 13.8 Å². The van der Waals surface area contributed by atoms with Crippen LogP contribution in [-0.2, 0) is 0 Å². The Labute approximate surface area is 58.2 Å². The van der Waals surface area contributed by atoms with Crippen molar-refractivity contribution < 1.29 is 0 Å². The van der Waals surface area contributed by atoms with Crippen molar-refractivity contribution in [1.29, 1.82) is 0 Å². The molecule has 0 radical (unpaired) electrons. The molecule has 0 bridgehead atoms. The van der Waals surface area contributed by atoms with Crippen molar-refractivity contribution in [2.45, 2.75) is 17.5 Å². The van der Waals surface area contributed by atoms with Crippen molar-refractivity contribution >= 4 is 41.4 Å². The van der Waals surface area contributed by atoms with Gasteiger partial charge in [0.1, 0.15) is 0 Å². The zero-order valence-electron chi connectivity index (χ0n) is 3.91. The molecule has 0 aliphatic rings. The van der Waals surface area contributed by atoms with E-state index in [4.69, 9.17) is 0 Å². The van der Waals surface area contributed by atoms with Crippen molar-refractivity contribution in [3.05, 3.63) is 0 Å². The summed E-state index contributed by atoms with van der Waals surface area (Å²) < 4.78 is 0.895. The van der Waals surface area contributed by atoms with E-state index >= 15 is 0 Å². The minimum absolute atomic E-state index is 0.895. The van der Waals surface area contributed by atoms with Gasteiger partial charge in [0.2, 0.25) is 0 Å². The van der Waals surface area contributed by atoms with Gasteiger partial charge < -0.3 is 0 Å². The normalized spacial score (nSPS) is 9.50. The summed E-state index contributed by atoms with van der Waals surface area (Å²) in [7, 11) is 0. The number of hydrogen-bond acceptors (Lipinski definition) is 0. The Balaban J connectivity index is 2.99. The van der Waals surface area contributed by atoms with Crippen molar-refractivity contribution in [1.82, 2.24) is 0 Å². The molecule has 0 fully saturated rings. The summed E-state index contributed by atoms with van der Waals surface area (Å²) in [5.41, 5.74) is 0. The van der Waals surface area contributed by atoms with E-state index in [9.17, 15) is 0 Å². The molecule has 0 saturated heterocycles. The Hall–Kier alpha value is 1.83. The fourth-order valence-corrected chi connectivity index (χ4v) is 0. The van der Waals surface area contributed by atoms with Gasteiger partial charge >= 0.3 is 58.9 Å². The molecular weight excluding hydrogens is 311 g/mol. The predicted molar refractivity (Wildman–Crippen MR) is 38.7 cm³/mol. The molecule has 6 heavy (non-hydrogen) atoms. The quantitative estimate of drug-likeness (QED) is 0.697. The van der Waals surface area contributed by atoms with Crippen LogP contribution in [0.25, 0.3) is 0 Å². The third-order valence-electron chi connectivity index (χ3n) is 0.504. The van der Waals surface area contributed by atoms with Gasteiger partial charge in [-0.15, -0.1) is 0 Å². The summed E-state index contributed by atoms with van der Waals surface area (Å²) in [6.07, 6.45) is 0. The first kappa shape index (κ1) is 7.83. The van der Waals surface area contributed by atoms with Crippen molar-refractivity contribution in [2.75, 3.05) is 0 Å². The third kappa shape index (κ3) is 4.00. The zero-order valence-corrected chi connectivity index (χ0v) is 10.4. The molecule has 0 N–H and O–H groups in total. The van der Waals surface area contributed by atoms with E-state index in [1.807, 2.05) is 0 Å². The first-order valence-electron chi connectivity index (χ1n) is 1.92. The summed E-state index contributed by atoms with van der Waals surface area (Å²) in [5, 5.41) is 0. The zero-order chi connectivity index (χ0) is 5.15. The Kier molecular flexibility index (Phi) is 4.94. The van der Waals surface area contributed by atoms with E-state index in [2.05, 4.69) is 38.4 Å². The molecule has 3 heteroatoms. The van der Waals surface area contributed by atoms with Crippen LogP contribution in [0.15, 0.2) is 0 Å². The Morgan fingerprint density at radius 2 is 1.50 bits per heavy atom. The van der Waals surface area contributed by atoms with Crippen LogP contribution in [0.5, 0.6) is 0 Å². The van der Waals surface area contributed by atoms with E-state index < -0.39 is 16.8 Å². The Morgan fingerprint density at radius 1 is 1.33 bits per heavy atom. The molecule has 0 aromatic carbocycles. The van der Waals surface area contributed by atoms with E-state index in [0.717, 1.165) is 3.67 Å². The molecule has 0 atom stereocenters. The molecule has 0 heterocycles. The molecule has 0 aromatic rings. The Morgan fingerprint density at radius 3 is 1.50 bits per heavy atom. The molecule has 0 aliphatic carbocycles. The standard InChI is InChI=1S/C3H7.2BrH.In/c1-3-2;;;/h3H,1-2H3;2*1H;/q;;;+2/p-2. The maximum absolute atomic E-state index is 3.57. The second-order valence-corrected chi connectivity index (χ2v) is 28.8. The van der Waals surface area contributed by atoms with Gasteiger partial charge in [-0.1, -0.05) is 0 Å². The maximum atomic E-state index is 3.57. The van der Waals surface area contributed by atoms with Crippen molar-refractivity contribution in [3.63, 3.8) is 0 Å². The van der Waals surface area contributed by atoms with Crippen molar-refractivity contribution in [3.8, 4) is 0 Å². The number of halogens is 2. The summed E-state index contributed by atoms with van der Waals surface area (Å²) in [6.45, 7) is 4.48. The summed E-state index contributed by atoms with van der Waals surface area (Å²) in [4.78, 5) is 0. The summed E-state index contributed by atoms with van der Waals surface area (Å²) >= 11 is 5.95. The topological polar surface area (TPSA) is 0 Å². The molecule has 36 valence electrons. The predicted octanol–water partition coefficient (Wildman–Crippen LogP) is 2.67. The van der Waals surface area contributed by atoms with Crippen LogP contribution in [0.4, 0.5) is 0 Å². The first-order valence-corrected chi connectivity index (χ1v) is 18.6. The molecule has 0 unspecified atom stereocenters. The van der Waals surface area contributed by atoms with Crippen LogP contribution in [-0.4, -0.2) is 16.8 Å². The molecular formula is C3H7Br2In. The van der Waals surface area contributed by atoms with Gasteiger partial charge in [0.05, 0.1) is 0 Å². The molecule has 0 rings (SSSR count). The molecule has 0 nitrogen and oxygen atoms in total. The van der Waals surface area contributed by atoms with Crippen LogP contribution in [0, 0.1) is 0 Å². The summed E-state index contributed by atoms with van der Waals surface area (Å²) in [5.74, 6) is 0. The summed E-state index contributed by atoms with van der Waals surface area (Å²) in [6, 6.07) is 0. The molecule has 0 aliphatic heterocycles. The van der Waals surface area contributed by atoms with Gasteiger partial charge in [-0.3, -0.25) is 0 Å². The van der Waals surface area contributed by atoms with Gasteiger partial charge in [-0.05, 0) is 0 Å². The van der Waals surface area contributed by atoms with E-state index in [1.165, 1.54) is 0 Å². The second kappa shape index (κ2) is 3.79. The number of hydrogen-bond donors (Lipinski definition) is 0. The molecule has 0 spiro atoms. The van der Waals surface area contributed by atoms with Crippen LogP contribution >= 0.6 is 24.6 Å².